The van der Waals surface area contributed by atoms with Crippen molar-refractivity contribution in [3.05, 3.63) is 34.4 Å². The Bertz CT molecular complexity index is 724. The Morgan fingerprint density at radius 2 is 1.95 bits per heavy atom. The van der Waals surface area contributed by atoms with E-state index in [-0.39, 0.29) is 10.9 Å². The van der Waals surface area contributed by atoms with E-state index in [4.69, 9.17) is 0 Å². The first-order valence-corrected chi connectivity index (χ1v) is 9.31. The van der Waals surface area contributed by atoms with Crippen molar-refractivity contribution in [3.63, 3.8) is 0 Å². The molecule has 2 aromatic rings. The Morgan fingerprint density at radius 3 is 2.45 bits per heavy atom. The molecule has 8 heteroatoms. The van der Waals surface area contributed by atoms with Crippen molar-refractivity contribution in [2.75, 3.05) is 12.4 Å². The Hall–Kier alpha value is -1.51. The third kappa shape index (κ3) is 3.82. The lowest BCUT2D eigenvalue weighted by Crippen LogP contribution is -2.18. The molecule has 0 bridgehead atoms. The van der Waals surface area contributed by atoms with Crippen LogP contribution in [-0.4, -0.2) is 25.4 Å². The largest absolute Gasteiger partial charge is 0.362 e. The number of aromatic nitrogens is 2. The van der Waals surface area contributed by atoms with E-state index in [1.54, 1.807) is 17.4 Å². The van der Waals surface area contributed by atoms with Crippen LogP contribution in [0.3, 0.4) is 0 Å². The zero-order valence-electron chi connectivity index (χ0n) is 13.0. The van der Waals surface area contributed by atoms with Crippen LogP contribution in [0.25, 0.3) is 0 Å². The first-order chi connectivity index (χ1) is 10.3. The fourth-order valence-electron chi connectivity index (χ4n) is 1.80. The van der Waals surface area contributed by atoms with Crippen molar-refractivity contribution >= 4 is 27.2 Å². The van der Waals surface area contributed by atoms with E-state index in [0.717, 1.165) is 10.7 Å². The number of rotatable bonds is 6. The fourth-order valence-corrected chi connectivity index (χ4v) is 3.41. The highest BCUT2D eigenvalue weighted by Crippen LogP contribution is 2.24. The van der Waals surface area contributed by atoms with Gasteiger partial charge in [0.15, 0.2) is 0 Å². The van der Waals surface area contributed by atoms with Crippen molar-refractivity contribution in [2.24, 2.45) is 0 Å². The highest BCUT2D eigenvalue weighted by molar-refractivity contribution is 7.89. The first kappa shape index (κ1) is 16.9. The summed E-state index contributed by atoms with van der Waals surface area (Å²) < 4.78 is 25.5. The molecule has 120 valence electrons. The van der Waals surface area contributed by atoms with Crippen LogP contribution in [0.4, 0.5) is 5.82 Å². The molecule has 0 spiro atoms. The molecule has 2 rings (SSSR count). The maximum atomic E-state index is 11.6. The number of hydrogen-bond donors (Lipinski definition) is 2. The molecule has 22 heavy (non-hydrogen) atoms. The Balaban J connectivity index is 2.10. The maximum Gasteiger partial charge on any atom is 0.241 e. The molecule has 6 nitrogen and oxygen atoms in total. The third-order valence-electron chi connectivity index (χ3n) is 3.16. The van der Waals surface area contributed by atoms with Crippen molar-refractivity contribution in [2.45, 2.75) is 37.6 Å². The standard InChI is InChI=1S/C14H20N4O2S2/c1-9(2)14-18-12(8-21-14)10(3)17-13-6-5-11(7-16-13)22(19,20)15-4/h5-10,15H,1-4H3,(H,16,17). The predicted molar refractivity (Wildman–Crippen MR) is 88.7 cm³/mol. The lowest BCUT2D eigenvalue weighted by Gasteiger charge is -2.12. The Labute approximate surface area is 135 Å². The molecule has 0 aliphatic heterocycles. The average molecular weight is 340 g/mol. The summed E-state index contributed by atoms with van der Waals surface area (Å²) in [6.45, 7) is 6.23. The van der Waals surface area contributed by atoms with Gasteiger partial charge in [0.25, 0.3) is 0 Å². The van der Waals surface area contributed by atoms with E-state index in [1.165, 1.54) is 19.3 Å². The summed E-state index contributed by atoms with van der Waals surface area (Å²) in [4.78, 5) is 8.89. The van der Waals surface area contributed by atoms with Gasteiger partial charge in [-0.25, -0.2) is 23.1 Å². The zero-order chi connectivity index (χ0) is 16.3. The number of anilines is 1. The van der Waals surface area contributed by atoms with Crippen molar-refractivity contribution in [1.82, 2.24) is 14.7 Å². The van der Waals surface area contributed by atoms with Gasteiger partial charge in [-0.3, -0.25) is 0 Å². The molecule has 0 aromatic carbocycles. The van der Waals surface area contributed by atoms with Gasteiger partial charge < -0.3 is 5.32 Å². The summed E-state index contributed by atoms with van der Waals surface area (Å²) in [5.41, 5.74) is 0.961. The summed E-state index contributed by atoms with van der Waals surface area (Å²) in [7, 11) is -2.08. The molecule has 0 aliphatic rings. The molecule has 0 fully saturated rings. The number of pyridine rings is 1. The molecule has 2 aromatic heterocycles. The van der Waals surface area contributed by atoms with Gasteiger partial charge in [0.2, 0.25) is 10.0 Å². The van der Waals surface area contributed by atoms with E-state index in [9.17, 15) is 8.42 Å². The van der Waals surface area contributed by atoms with Gasteiger partial charge in [-0.1, -0.05) is 13.8 Å². The van der Waals surface area contributed by atoms with Crippen LogP contribution in [0.2, 0.25) is 0 Å². The molecule has 0 saturated heterocycles. The van der Waals surface area contributed by atoms with Crippen LogP contribution in [0.5, 0.6) is 0 Å². The van der Waals surface area contributed by atoms with Crippen LogP contribution >= 0.6 is 11.3 Å². The van der Waals surface area contributed by atoms with Crippen LogP contribution in [-0.2, 0) is 10.0 Å². The predicted octanol–water partition coefficient (Wildman–Crippen LogP) is 2.74. The van der Waals surface area contributed by atoms with Gasteiger partial charge in [-0.05, 0) is 26.1 Å². The second kappa shape index (κ2) is 6.72. The molecule has 0 saturated carbocycles. The number of sulfonamides is 1. The quantitative estimate of drug-likeness (QED) is 0.845. The van der Waals surface area contributed by atoms with E-state index in [2.05, 4.69) is 33.9 Å². The summed E-state index contributed by atoms with van der Waals surface area (Å²) >= 11 is 1.65. The Morgan fingerprint density at radius 1 is 1.23 bits per heavy atom. The van der Waals surface area contributed by atoms with Gasteiger partial charge in [-0.15, -0.1) is 11.3 Å². The number of nitrogens with zero attached hydrogens (tertiary/aromatic N) is 2. The lowest BCUT2D eigenvalue weighted by atomic mass is 10.2. The average Bonchev–Trinajstić information content (AvgIpc) is 2.98. The SMILES string of the molecule is CNS(=O)(=O)c1ccc(NC(C)c2csc(C(C)C)n2)nc1. The first-order valence-electron chi connectivity index (χ1n) is 6.95. The molecule has 1 unspecified atom stereocenters. The molecule has 0 aliphatic carbocycles. The van der Waals surface area contributed by atoms with Gasteiger partial charge in [0.05, 0.1) is 16.7 Å². The zero-order valence-corrected chi connectivity index (χ0v) is 14.6. The highest BCUT2D eigenvalue weighted by Gasteiger charge is 2.14. The minimum absolute atomic E-state index is 0.00278. The van der Waals surface area contributed by atoms with Crippen LogP contribution < -0.4 is 10.0 Å². The van der Waals surface area contributed by atoms with E-state index in [1.807, 2.05) is 12.3 Å². The second-order valence-electron chi connectivity index (χ2n) is 5.22. The normalized spacial score (nSPS) is 13.3. The molecule has 0 amide bonds. The van der Waals surface area contributed by atoms with Gasteiger partial charge in [0, 0.05) is 17.5 Å². The number of thiazole rings is 1. The number of nitrogens with one attached hydrogen (secondary N) is 2. The third-order valence-corrected chi connectivity index (χ3v) is 5.72. The second-order valence-corrected chi connectivity index (χ2v) is 7.99. The van der Waals surface area contributed by atoms with Crippen LogP contribution in [0.15, 0.2) is 28.6 Å². The van der Waals surface area contributed by atoms with Crippen molar-refractivity contribution < 1.29 is 8.42 Å². The van der Waals surface area contributed by atoms with Crippen LogP contribution in [0, 0.1) is 0 Å². The van der Waals surface area contributed by atoms with Crippen molar-refractivity contribution in [1.29, 1.82) is 0 Å². The molecule has 2 N–H and O–H groups in total. The van der Waals surface area contributed by atoms with E-state index >= 15 is 0 Å². The highest BCUT2D eigenvalue weighted by atomic mass is 32.2. The molecular formula is C14H20N4O2S2. The molecular weight excluding hydrogens is 320 g/mol. The maximum absolute atomic E-state index is 11.6. The monoisotopic (exact) mass is 340 g/mol. The summed E-state index contributed by atoms with van der Waals surface area (Å²) in [5.74, 6) is 1.02. The summed E-state index contributed by atoms with van der Waals surface area (Å²) in [6, 6.07) is 3.17. The van der Waals surface area contributed by atoms with Gasteiger partial charge in [-0.2, -0.15) is 0 Å². The van der Waals surface area contributed by atoms with E-state index < -0.39 is 10.0 Å². The summed E-state index contributed by atoms with van der Waals surface area (Å²) in [6.07, 6.45) is 1.33. The minimum atomic E-state index is -3.45. The summed E-state index contributed by atoms with van der Waals surface area (Å²) in [5, 5.41) is 6.36. The minimum Gasteiger partial charge on any atom is -0.362 e. The van der Waals surface area contributed by atoms with Gasteiger partial charge >= 0.3 is 0 Å². The topological polar surface area (TPSA) is 84.0 Å². The molecule has 2 heterocycles. The van der Waals surface area contributed by atoms with Crippen LogP contribution in [0.1, 0.15) is 43.4 Å². The molecule has 0 radical (unpaired) electrons. The fraction of sp³-hybridized carbons (Fsp3) is 0.429. The lowest BCUT2D eigenvalue weighted by molar-refractivity contribution is 0.588. The smallest absolute Gasteiger partial charge is 0.241 e. The Kier molecular flexibility index (Phi) is 5.15. The van der Waals surface area contributed by atoms with Gasteiger partial charge in [0.1, 0.15) is 10.7 Å². The number of hydrogen-bond acceptors (Lipinski definition) is 6. The van der Waals surface area contributed by atoms with E-state index in [0.29, 0.717) is 11.7 Å². The molecule has 1 atom stereocenters. The van der Waals surface area contributed by atoms with Crippen molar-refractivity contribution in [3.8, 4) is 0 Å².